The van der Waals surface area contributed by atoms with Gasteiger partial charge in [0.05, 0.1) is 0 Å². The van der Waals surface area contributed by atoms with Crippen LogP contribution in [-0.4, -0.2) is 0 Å². The summed E-state index contributed by atoms with van der Waals surface area (Å²) in [6.45, 7) is 15.3. The zero-order valence-electron chi connectivity index (χ0n) is 18.6. The van der Waals surface area contributed by atoms with Crippen molar-refractivity contribution in [2.75, 3.05) is 11.5 Å². The van der Waals surface area contributed by atoms with Gasteiger partial charge < -0.3 is 23.8 Å². The van der Waals surface area contributed by atoms with Crippen molar-refractivity contribution in [2.45, 2.75) is 73.1 Å². The van der Waals surface area contributed by atoms with Gasteiger partial charge in [-0.15, -0.1) is 0 Å². The molecule has 0 fully saturated rings. The molecule has 0 saturated carbocycles. The lowest BCUT2D eigenvalue weighted by Gasteiger charge is -2.21. The maximum Gasteiger partial charge on any atom is 0.0399 e. The fraction of sp³-hybridized carbons (Fsp3) is 0.478. The molecular weight excluding hydrogens is 332 g/mol. The second-order valence-electron chi connectivity index (χ2n) is 7.63. The zero-order chi connectivity index (χ0) is 19.2. The van der Waals surface area contributed by atoms with Crippen LogP contribution in [0.1, 0.15) is 69.4 Å². The average molecular weight is 375 g/mol. The summed E-state index contributed by atoms with van der Waals surface area (Å²) >= 11 is 0. The topological polar surface area (TPSA) is 122 Å². The maximum atomic E-state index is 6.05. The molecule has 27 heavy (non-hydrogen) atoms. The van der Waals surface area contributed by atoms with E-state index < -0.39 is 0 Å². The summed E-state index contributed by atoms with van der Waals surface area (Å²) in [4.78, 5) is 0. The fourth-order valence-corrected chi connectivity index (χ4v) is 3.28. The SMILES string of the molecule is CCc1cc(CC)c(N)c(CC)c1N.Cc1ccccc1C(C)(C)C.N.N. The van der Waals surface area contributed by atoms with E-state index in [1.807, 2.05) is 0 Å². The molecule has 2 aromatic carbocycles. The monoisotopic (exact) mass is 374 g/mol. The van der Waals surface area contributed by atoms with Gasteiger partial charge in [-0.2, -0.15) is 0 Å². The van der Waals surface area contributed by atoms with Gasteiger partial charge in [-0.1, -0.05) is 71.9 Å². The van der Waals surface area contributed by atoms with E-state index in [-0.39, 0.29) is 17.7 Å². The Morgan fingerprint density at radius 2 is 1.22 bits per heavy atom. The number of benzene rings is 2. The van der Waals surface area contributed by atoms with Crippen molar-refractivity contribution in [3.05, 3.63) is 58.1 Å². The standard InChI is InChI=1S/C12H20N2.C11H16.2H3N/c1-4-8-7-9(5-2)12(14)10(6-3)11(8)13;1-9-7-5-6-8-10(9)11(2,3)4;;/h7H,4-6,13-14H2,1-3H3;5-8H,1-4H3;2*1H3. The van der Waals surface area contributed by atoms with Gasteiger partial charge in [0, 0.05) is 11.4 Å². The van der Waals surface area contributed by atoms with Gasteiger partial charge in [0.1, 0.15) is 0 Å². The van der Waals surface area contributed by atoms with Crippen molar-refractivity contribution in [1.82, 2.24) is 12.3 Å². The van der Waals surface area contributed by atoms with Gasteiger partial charge in [0.15, 0.2) is 0 Å². The summed E-state index contributed by atoms with van der Waals surface area (Å²) in [6, 6.07) is 10.7. The van der Waals surface area contributed by atoms with E-state index in [4.69, 9.17) is 11.5 Å². The Morgan fingerprint density at radius 3 is 1.52 bits per heavy atom. The molecule has 0 saturated heterocycles. The first-order valence-electron chi connectivity index (χ1n) is 9.41. The van der Waals surface area contributed by atoms with E-state index in [0.29, 0.717) is 0 Å². The lowest BCUT2D eigenvalue weighted by Crippen LogP contribution is -2.12. The van der Waals surface area contributed by atoms with Crippen LogP contribution in [0.15, 0.2) is 30.3 Å². The molecule has 0 atom stereocenters. The van der Waals surface area contributed by atoms with Crippen molar-refractivity contribution >= 4 is 11.4 Å². The summed E-state index contributed by atoms with van der Waals surface area (Å²) < 4.78 is 0. The zero-order valence-corrected chi connectivity index (χ0v) is 18.6. The highest BCUT2D eigenvalue weighted by molar-refractivity contribution is 5.69. The van der Waals surface area contributed by atoms with Crippen molar-refractivity contribution in [2.24, 2.45) is 0 Å². The van der Waals surface area contributed by atoms with Crippen molar-refractivity contribution in [3.63, 3.8) is 0 Å². The van der Waals surface area contributed by atoms with E-state index >= 15 is 0 Å². The third kappa shape index (κ3) is 6.89. The molecule has 0 aliphatic rings. The highest BCUT2D eigenvalue weighted by atomic mass is 14.6. The number of hydrogen-bond donors (Lipinski definition) is 4. The van der Waals surface area contributed by atoms with E-state index in [2.05, 4.69) is 78.8 Å². The molecule has 0 aliphatic heterocycles. The Morgan fingerprint density at radius 1 is 0.778 bits per heavy atom. The minimum Gasteiger partial charge on any atom is -0.398 e. The molecule has 154 valence electrons. The molecule has 2 rings (SSSR count). The van der Waals surface area contributed by atoms with Crippen molar-refractivity contribution < 1.29 is 0 Å². The first kappa shape index (κ1) is 27.2. The molecule has 0 heterocycles. The van der Waals surface area contributed by atoms with Crippen LogP contribution in [0.25, 0.3) is 0 Å². The molecule has 0 aliphatic carbocycles. The van der Waals surface area contributed by atoms with Crippen LogP contribution in [0, 0.1) is 6.92 Å². The van der Waals surface area contributed by atoms with Crippen LogP contribution in [-0.2, 0) is 24.7 Å². The number of rotatable bonds is 3. The molecule has 0 bridgehead atoms. The Labute approximate surface area is 166 Å². The van der Waals surface area contributed by atoms with Gasteiger partial charge in [-0.25, -0.2) is 0 Å². The third-order valence-corrected chi connectivity index (χ3v) is 4.76. The number of aryl methyl sites for hydroxylation is 3. The second-order valence-corrected chi connectivity index (χ2v) is 7.63. The molecule has 0 radical (unpaired) electrons. The summed E-state index contributed by atoms with van der Waals surface area (Å²) in [7, 11) is 0. The van der Waals surface area contributed by atoms with Crippen LogP contribution in [0.2, 0.25) is 0 Å². The number of nitrogen functional groups attached to an aromatic ring is 2. The van der Waals surface area contributed by atoms with Gasteiger partial charge in [-0.05, 0) is 59.4 Å². The number of anilines is 2. The first-order chi connectivity index (χ1) is 11.7. The summed E-state index contributed by atoms with van der Waals surface area (Å²) in [6.07, 6.45) is 2.87. The van der Waals surface area contributed by atoms with Gasteiger partial charge in [-0.3, -0.25) is 0 Å². The smallest absolute Gasteiger partial charge is 0.0399 e. The molecule has 2 aromatic rings. The maximum absolute atomic E-state index is 6.05. The largest absolute Gasteiger partial charge is 0.398 e. The second kappa shape index (κ2) is 11.6. The highest BCUT2D eigenvalue weighted by Gasteiger charge is 2.14. The summed E-state index contributed by atoms with van der Waals surface area (Å²) in [5.74, 6) is 0. The normalized spacial score (nSPS) is 10.2. The highest BCUT2D eigenvalue weighted by Crippen LogP contribution is 2.29. The van der Waals surface area contributed by atoms with E-state index in [0.717, 1.165) is 36.2 Å². The van der Waals surface area contributed by atoms with E-state index in [9.17, 15) is 0 Å². The molecule has 0 amide bonds. The van der Waals surface area contributed by atoms with Crippen LogP contribution < -0.4 is 23.8 Å². The molecule has 4 heteroatoms. The van der Waals surface area contributed by atoms with Gasteiger partial charge in [0.25, 0.3) is 0 Å². The summed E-state index contributed by atoms with van der Waals surface area (Å²) in [5.41, 5.74) is 20.6. The quantitative estimate of drug-likeness (QED) is 0.481. The Hall–Kier alpha value is -2.04. The van der Waals surface area contributed by atoms with E-state index in [1.54, 1.807) is 0 Å². The van der Waals surface area contributed by atoms with Crippen LogP contribution in [0.5, 0.6) is 0 Å². The third-order valence-electron chi connectivity index (χ3n) is 4.76. The van der Waals surface area contributed by atoms with Gasteiger partial charge in [0.2, 0.25) is 0 Å². The molecule has 4 nitrogen and oxygen atoms in total. The van der Waals surface area contributed by atoms with Crippen LogP contribution in [0.3, 0.4) is 0 Å². The Balaban J connectivity index is 0. The fourth-order valence-electron chi connectivity index (χ4n) is 3.28. The van der Waals surface area contributed by atoms with E-state index in [1.165, 1.54) is 22.3 Å². The minimum absolute atomic E-state index is 0. The Bertz CT molecular complexity index is 672. The molecule has 0 aromatic heterocycles. The molecule has 10 N–H and O–H groups in total. The molecule has 0 unspecified atom stereocenters. The predicted molar refractivity (Wildman–Crippen MR) is 123 cm³/mol. The Kier molecular flexibility index (Phi) is 11.7. The summed E-state index contributed by atoms with van der Waals surface area (Å²) in [5, 5.41) is 0. The average Bonchev–Trinajstić information content (AvgIpc) is 2.55. The predicted octanol–water partition coefficient (Wildman–Crippen LogP) is 6.15. The lowest BCUT2D eigenvalue weighted by atomic mass is 9.84. The van der Waals surface area contributed by atoms with Gasteiger partial charge >= 0.3 is 0 Å². The van der Waals surface area contributed by atoms with Crippen LogP contribution in [0.4, 0.5) is 11.4 Å². The number of hydrogen-bond acceptors (Lipinski definition) is 4. The minimum atomic E-state index is 0. The van der Waals surface area contributed by atoms with Crippen LogP contribution >= 0.6 is 0 Å². The molecular formula is C23H42N4. The lowest BCUT2D eigenvalue weighted by molar-refractivity contribution is 0.586. The first-order valence-corrected chi connectivity index (χ1v) is 9.41. The number of nitrogens with two attached hydrogens (primary N) is 2. The van der Waals surface area contributed by atoms with Crippen molar-refractivity contribution in [3.8, 4) is 0 Å². The van der Waals surface area contributed by atoms with Crippen molar-refractivity contribution in [1.29, 1.82) is 0 Å². The molecule has 0 spiro atoms.